The van der Waals surface area contributed by atoms with Gasteiger partial charge in [0, 0.05) is 0 Å². The molecule has 0 radical (unpaired) electrons. The van der Waals surface area contributed by atoms with Crippen LogP contribution >= 0.6 is 0 Å². The molecule has 13 heavy (non-hydrogen) atoms. The average molecular weight is 224 g/mol. The second-order valence-corrected chi connectivity index (χ2v) is 3.82. The van der Waals surface area contributed by atoms with Gasteiger partial charge in [0.25, 0.3) is 0 Å². The second kappa shape index (κ2) is 9.39. The van der Waals surface area contributed by atoms with Gasteiger partial charge < -0.3 is 6.53 Å². The molecule has 0 saturated carbocycles. The quantitative estimate of drug-likeness (QED) is 0.368. The van der Waals surface area contributed by atoms with Gasteiger partial charge in [-0.25, -0.2) is 0 Å². The van der Waals surface area contributed by atoms with Gasteiger partial charge >= 0.3 is 40.0 Å². The Hall–Kier alpha value is 0.830. The predicted octanol–water partition coefficient (Wildman–Crippen LogP) is -2.12. The molecule has 3 N–H and O–H groups in total. The molecule has 0 rings (SSSR count). The van der Waals surface area contributed by atoms with E-state index in [4.69, 9.17) is 22.6 Å². The van der Waals surface area contributed by atoms with Crippen molar-refractivity contribution in [3.63, 3.8) is 0 Å². The maximum absolute atomic E-state index is 8.74. The van der Waals surface area contributed by atoms with E-state index >= 15 is 0 Å². The monoisotopic (exact) mass is 224 g/mol. The normalized spacial score (nSPS) is 12.5. The summed E-state index contributed by atoms with van der Waals surface area (Å²) in [5.41, 5.74) is 0. The van der Waals surface area contributed by atoms with Crippen LogP contribution in [0.4, 0.5) is 0 Å². The Labute approximate surface area is 103 Å². The fourth-order valence-electron chi connectivity index (χ4n) is 0.682. The molecule has 0 aromatic heterocycles. The Morgan fingerprint density at radius 3 is 1.46 bits per heavy atom. The van der Waals surface area contributed by atoms with Crippen LogP contribution in [0.2, 0.25) is 0 Å². The fourth-order valence-corrected chi connectivity index (χ4v) is 0.682. The number of aliphatic hydroxyl groups excluding tert-OH is 1. The van der Waals surface area contributed by atoms with Crippen molar-refractivity contribution in [3.8, 4) is 0 Å². The van der Waals surface area contributed by atoms with Gasteiger partial charge in [0.05, 0.1) is 6.10 Å². The summed E-state index contributed by atoms with van der Waals surface area (Å²) >= 11 is 0. The molecular weight excluding hydrogens is 207 g/mol. The minimum Gasteiger partial charge on any atom is -1.00 e. The van der Waals surface area contributed by atoms with Crippen molar-refractivity contribution in [2.45, 2.75) is 33.3 Å². The van der Waals surface area contributed by atoms with E-state index in [9.17, 15) is 0 Å². The van der Waals surface area contributed by atoms with Crippen LogP contribution in [-0.2, 0) is 10.4 Å². The molecular formula is C6H17NaO5S. The largest absolute Gasteiger partial charge is 1.00 e. The summed E-state index contributed by atoms with van der Waals surface area (Å²) in [6.45, 7) is 6.03. The molecule has 0 aliphatic carbocycles. The summed E-state index contributed by atoms with van der Waals surface area (Å²) in [4.78, 5) is 0. The Bertz CT molecular complexity index is 178. The Balaban J connectivity index is -0.0000000651. The maximum Gasteiger partial charge on any atom is 1.00 e. The number of hydrogen-bond donors (Lipinski definition) is 3. The molecule has 1 unspecified atom stereocenters. The zero-order chi connectivity index (χ0) is 10.4. The fraction of sp³-hybridized carbons (Fsp3) is 1.00. The predicted molar refractivity (Wildman–Crippen MR) is 46.4 cm³/mol. The molecule has 0 amide bonds. The van der Waals surface area contributed by atoms with Crippen LogP contribution in [0, 0.1) is 5.92 Å². The van der Waals surface area contributed by atoms with E-state index in [1.165, 1.54) is 0 Å². The van der Waals surface area contributed by atoms with E-state index in [1.54, 1.807) is 0 Å². The van der Waals surface area contributed by atoms with Gasteiger partial charge in [-0.05, 0) is 19.3 Å². The first-order valence-electron chi connectivity index (χ1n) is 3.51. The van der Waals surface area contributed by atoms with E-state index in [0.29, 0.717) is 5.92 Å². The van der Waals surface area contributed by atoms with Crippen molar-refractivity contribution in [1.29, 1.82) is 0 Å². The molecule has 78 valence electrons. The standard InChI is InChI=1S/C6H14O.Na.H2O4S.H/c1-5(2)4-6(3)7;;1-5(2,3)4;/h5-7H,4H2,1-3H3;;(H2,1,2,3,4);/q;+1;;-1. The molecule has 7 heteroatoms. The van der Waals surface area contributed by atoms with Crippen LogP contribution in [-0.4, -0.2) is 28.7 Å². The average Bonchev–Trinajstić information content (AvgIpc) is 1.52. The Morgan fingerprint density at radius 2 is 1.46 bits per heavy atom. The third-order valence-electron chi connectivity index (χ3n) is 0.813. The van der Waals surface area contributed by atoms with E-state index < -0.39 is 10.4 Å². The molecule has 0 spiro atoms. The topological polar surface area (TPSA) is 94.8 Å². The zero-order valence-electron chi connectivity index (χ0n) is 9.43. The Morgan fingerprint density at radius 1 is 1.23 bits per heavy atom. The van der Waals surface area contributed by atoms with Crippen LogP contribution in [0.25, 0.3) is 0 Å². The van der Waals surface area contributed by atoms with E-state index in [1.807, 2.05) is 6.92 Å². The molecule has 1 atom stereocenters. The summed E-state index contributed by atoms with van der Waals surface area (Å²) in [7, 11) is -4.67. The van der Waals surface area contributed by atoms with Crippen molar-refractivity contribution in [1.82, 2.24) is 0 Å². The van der Waals surface area contributed by atoms with Gasteiger partial charge in [0.15, 0.2) is 0 Å². The van der Waals surface area contributed by atoms with Crippen molar-refractivity contribution in [2.24, 2.45) is 5.92 Å². The third-order valence-corrected chi connectivity index (χ3v) is 0.813. The first kappa shape index (κ1) is 19.4. The summed E-state index contributed by atoms with van der Waals surface area (Å²) in [5, 5.41) is 8.72. The first-order valence-corrected chi connectivity index (χ1v) is 4.90. The van der Waals surface area contributed by atoms with Crippen LogP contribution in [0.3, 0.4) is 0 Å². The maximum atomic E-state index is 8.74. The molecule has 0 aromatic carbocycles. The molecule has 0 saturated heterocycles. The van der Waals surface area contributed by atoms with Crippen molar-refractivity contribution < 1.29 is 53.6 Å². The summed E-state index contributed by atoms with van der Waals surface area (Å²) in [5.74, 6) is 0.625. The minimum absolute atomic E-state index is 0. The second-order valence-electron chi connectivity index (χ2n) is 2.93. The van der Waals surface area contributed by atoms with Crippen LogP contribution in [0.1, 0.15) is 28.6 Å². The summed E-state index contributed by atoms with van der Waals surface area (Å²) in [6.07, 6.45) is 0.792. The van der Waals surface area contributed by atoms with Crippen LogP contribution in [0.5, 0.6) is 0 Å². The number of aliphatic hydroxyl groups is 1. The molecule has 0 bridgehead atoms. The van der Waals surface area contributed by atoms with Crippen LogP contribution < -0.4 is 29.6 Å². The number of rotatable bonds is 2. The van der Waals surface area contributed by atoms with Gasteiger partial charge in [-0.1, -0.05) is 13.8 Å². The number of hydrogen-bond acceptors (Lipinski definition) is 3. The van der Waals surface area contributed by atoms with Crippen molar-refractivity contribution in [3.05, 3.63) is 0 Å². The molecule has 0 aromatic rings. The van der Waals surface area contributed by atoms with Gasteiger partial charge in [0.2, 0.25) is 0 Å². The van der Waals surface area contributed by atoms with Crippen molar-refractivity contribution >= 4 is 10.4 Å². The molecule has 0 aliphatic rings. The van der Waals surface area contributed by atoms with Crippen LogP contribution in [0.15, 0.2) is 0 Å². The third kappa shape index (κ3) is 64.5. The molecule has 0 aliphatic heterocycles. The Kier molecular flexibility index (Phi) is 14.0. The van der Waals surface area contributed by atoms with Gasteiger partial charge in [0.1, 0.15) is 0 Å². The smallest absolute Gasteiger partial charge is 1.00 e. The summed E-state index contributed by atoms with van der Waals surface area (Å²) in [6, 6.07) is 0. The minimum atomic E-state index is -4.67. The van der Waals surface area contributed by atoms with E-state index in [-0.39, 0.29) is 37.1 Å². The summed E-state index contributed by atoms with van der Waals surface area (Å²) < 4.78 is 31.6. The van der Waals surface area contributed by atoms with Gasteiger partial charge in [-0.15, -0.1) is 0 Å². The zero-order valence-corrected chi connectivity index (χ0v) is 11.2. The van der Waals surface area contributed by atoms with E-state index in [2.05, 4.69) is 13.8 Å². The van der Waals surface area contributed by atoms with Gasteiger partial charge in [-0.2, -0.15) is 8.42 Å². The van der Waals surface area contributed by atoms with Crippen molar-refractivity contribution in [2.75, 3.05) is 0 Å². The molecule has 5 nitrogen and oxygen atoms in total. The van der Waals surface area contributed by atoms with Gasteiger partial charge in [-0.3, -0.25) is 9.11 Å². The first-order chi connectivity index (χ1) is 5.13. The molecule has 0 heterocycles. The SMILES string of the molecule is CC(C)CC(C)O.O=S(=O)(O)O.[H-].[Na+]. The molecule has 0 fully saturated rings. The van der Waals surface area contributed by atoms with E-state index in [0.717, 1.165) is 6.42 Å².